The predicted octanol–water partition coefficient (Wildman–Crippen LogP) is 2.56. The van der Waals surface area contributed by atoms with Crippen LogP contribution in [0.5, 0.6) is 0 Å². The first-order valence-corrected chi connectivity index (χ1v) is 7.36. The van der Waals surface area contributed by atoms with Crippen molar-refractivity contribution in [1.82, 2.24) is 14.3 Å². The Balaban J connectivity index is 2.19. The van der Waals surface area contributed by atoms with E-state index in [1.165, 1.54) is 13.3 Å². The SMILES string of the molecule is COC(=O)c1nc(C2(NC(=O)OC(C)(C)C)CC2)cn1SF. The summed E-state index contributed by atoms with van der Waals surface area (Å²) in [6.07, 6.45) is 2.08. The molecule has 1 amide bonds. The minimum atomic E-state index is -0.746. The van der Waals surface area contributed by atoms with Crippen LogP contribution in [0.1, 0.15) is 49.9 Å². The lowest BCUT2D eigenvalue weighted by molar-refractivity contribution is 0.0493. The van der Waals surface area contributed by atoms with E-state index in [-0.39, 0.29) is 18.2 Å². The van der Waals surface area contributed by atoms with E-state index in [2.05, 4.69) is 15.0 Å². The van der Waals surface area contributed by atoms with E-state index < -0.39 is 23.2 Å². The van der Waals surface area contributed by atoms with E-state index in [0.717, 1.165) is 3.97 Å². The molecule has 0 spiro atoms. The van der Waals surface area contributed by atoms with Crippen molar-refractivity contribution in [3.05, 3.63) is 17.7 Å². The monoisotopic (exact) mass is 331 g/mol. The molecule has 1 aromatic rings. The Morgan fingerprint density at radius 3 is 2.55 bits per heavy atom. The quantitative estimate of drug-likeness (QED) is 0.854. The van der Waals surface area contributed by atoms with Gasteiger partial charge in [-0.05, 0) is 33.6 Å². The van der Waals surface area contributed by atoms with E-state index in [0.29, 0.717) is 18.5 Å². The molecule has 1 aliphatic rings. The first kappa shape index (κ1) is 16.6. The highest BCUT2D eigenvalue weighted by Crippen LogP contribution is 2.45. The second-order valence-electron chi connectivity index (χ2n) is 6.05. The Bertz CT molecular complexity index is 593. The maximum Gasteiger partial charge on any atom is 0.408 e. The highest BCUT2D eigenvalue weighted by molar-refractivity contribution is 7.92. The third kappa shape index (κ3) is 3.52. The molecular weight excluding hydrogens is 313 g/mol. The highest BCUT2D eigenvalue weighted by Gasteiger charge is 2.49. The third-order valence-corrected chi connectivity index (χ3v) is 3.52. The van der Waals surface area contributed by atoms with Gasteiger partial charge in [0.1, 0.15) is 5.60 Å². The molecule has 7 nitrogen and oxygen atoms in total. The van der Waals surface area contributed by atoms with Crippen LogP contribution in [-0.2, 0) is 15.0 Å². The number of alkyl carbamates (subject to hydrolysis) is 1. The van der Waals surface area contributed by atoms with E-state index >= 15 is 0 Å². The molecule has 1 heterocycles. The Labute approximate surface area is 132 Å². The number of halogens is 1. The Kier molecular flexibility index (Phi) is 4.37. The van der Waals surface area contributed by atoms with E-state index in [4.69, 9.17) is 4.74 Å². The number of esters is 1. The van der Waals surface area contributed by atoms with Gasteiger partial charge in [0.2, 0.25) is 5.82 Å². The lowest BCUT2D eigenvalue weighted by Gasteiger charge is -2.22. The van der Waals surface area contributed by atoms with Gasteiger partial charge in [-0.25, -0.2) is 18.5 Å². The number of hydrogen-bond acceptors (Lipinski definition) is 6. The molecule has 1 aliphatic carbocycles. The van der Waals surface area contributed by atoms with Gasteiger partial charge in [0, 0.05) is 6.20 Å². The van der Waals surface area contributed by atoms with Crippen molar-refractivity contribution in [2.24, 2.45) is 0 Å². The molecule has 0 saturated heterocycles. The van der Waals surface area contributed by atoms with Gasteiger partial charge in [-0.3, -0.25) is 0 Å². The van der Waals surface area contributed by atoms with Crippen molar-refractivity contribution in [3.63, 3.8) is 0 Å². The highest BCUT2D eigenvalue weighted by atomic mass is 32.2. The number of nitrogens with one attached hydrogen (secondary N) is 1. The lowest BCUT2D eigenvalue weighted by atomic mass is 10.2. The van der Waals surface area contributed by atoms with Crippen LogP contribution >= 0.6 is 12.3 Å². The zero-order valence-corrected chi connectivity index (χ0v) is 13.6. The van der Waals surface area contributed by atoms with Crippen molar-refractivity contribution >= 4 is 24.4 Å². The number of carbonyl (C=O) groups excluding carboxylic acids is 2. The second-order valence-corrected chi connectivity index (χ2v) is 6.58. The molecule has 22 heavy (non-hydrogen) atoms. The van der Waals surface area contributed by atoms with Gasteiger partial charge < -0.3 is 14.8 Å². The zero-order valence-electron chi connectivity index (χ0n) is 12.8. The van der Waals surface area contributed by atoms with Crippen molar-refractivity contribution in [3.8, 4) is 0 Å². The molecule has 0 unspecified atom stereocenters. The van der Waals surface area contributed by atoms with Crippen LogP contribution in [0.25, 0.3) is 0 Å². The number of nitrogens with zero attached hydrogens (tertiary/aromatic N) is 2. The smallest absolute Gasteiger partial charge is 0.408 e. The minimum absolute atomic E-state index is 0.158. The maximum absolute atomic E-state index is 12.9. The van der Waals surface area contributed by atoms with Gasteiger partial charge in [0.05, 0.1) is 18.3 Å². The first-order valence-electron chi connectivity index (χ1n) is 6.69. The van der Waals surface area contributed by atoms with Gasteiger partial charge in [-0.15, -0.1) is 3.89 Å². The van der Waals surface area contributed by atoms with Crippen LogP contribution in [0, 0.1) is 0 Å². The summed E-state index contributed by atoms with van der Waals surface area (Å²) in [6.45, 7) is 5.28. The summed E-state index contributed by atoms with van der Waals surface area (Å²) >= 11 is -0.158. The number of ether oxygens (including phenoxy) is 2. The summed E-state index contributed by atoms with van der Waals surface area (Å²) in [7, 11) is 1.19. The van der Waals surface area contributed by atoms with Crippen molar-refractivity contribution in [1.29, 1.82) is 0 Å². The summed E-state index contributed by atoms with van der Waals surface area (Å²) in [5, 5.41) is 2.74. The van der Waals surface area contributed by atoms with Crippen LogP contribution in [-0.4, -0.2) is 33.7 Å². The molecule has 0 aromatic carbocycles. The molecule has 1 saturated carbocycles. The Hall–Kier alpha value is -1.77. The number of imidazole rings is 1. The molecule has 1 aromatic heterocycles. The standard InChI is InChI=1S/C13H18FN3O4S/c1-12(2,3)21-11(19)16-13(5-6-13)8-7-17(22-14)9(15-8)10(18)20-4/h7H,5-6H2,1-4H3,(H,16,19). The first-order chi connectivity index (χ1) is 10.2. The molecule has 0 bridgehead atoms. The van der Waals surface area contributed by atoms with Gasteiger partial charge >= 0.3 is 12.1 Å². The molecule has 0 aliphatic heterocycles. The summed E-state index contributed by atoms with van der Waals surface area (Å²) in [5.41, 5.74) is -0.929. The molecular formula is C13H18FN3O4S. The second kappa shape index (κ2) is 5.79. The van der Waals surface area contributed by atoms with Crippen molar-refractivity contribution in [2.75, 3.05) is 7.11 Å². The Morgan fingerprint density at radius 2 is 2.09 bits per heavy atom. The predicted molar refractivity (Wildman–Crippen MR) is 77.9 cm³/mol. The van der Waals surface area contributed by atoms with E-state index in [1.54, 1.807) is 20.8 Å². The van der Waals surface area contributed by atoms with Crippen LogP contribution in [0.4, 0.5) is 8.68 Å². The van der Waals surface area contributed by atoms with Crippen molar-refractivity contribution < 1.29 is 22.9 Å². The van der Waals surface area contributed by atoms with Crippen LogP contribution < -0.4 is 5.32 Å². The summed E-state index contributed by atoms with van der Waals surface area (Å²) in [6, 6.07) is 0. The number of aromatic nitrogens is 2. The summed E-state index contributed by atoms with van der Waals surface area (Å²) < 4.78 is 23.6. The summed E-state index contributed by atoms with van der Waals surface area (Å²) in [5.74, 6) is -0.910. The van der Waals surface area contributed by atoms with Crippen molar-refractivity contribution in [2.45, 2.75) is 44.8 Å². The average molecular weight is 331 g/mol. The lowest BCUT2D eigenvalue weighted by Crippen LogP contribution is -2.39. The number of carbonyl (C=O) groups is 2. The van der Waals surface area contributed by atoms with Gasteiger partial charge in [-0.2, -0.15) is 0 Å². The number of hydrogen-bond donors (Lipinski definition) is 1. The van der Waals surface area contributed by atoms with Gasteiger partial charge in [0.15, 0.2) is 12.3 Å². The molecule has 0 radical (unpaired) electrons. The number of amides is 1. The number of methoxy groups -OCH3 is 1. The maximum atomic E-state index is 12.9. The molecule has 0 atom stereocenters. The molecule has 1 N–H and O–H groups in total. The molecule has 1 fully saturated rings. The van der Waals surface area contributed by atoms with Crippen LogP contribution in [0.2, 0.25) is 0 Å². The van der Waals surface area contributed by atoms with Crippen LogP contribution in [0.3, 0.4) is 0 Å². The zero-order chi connectivity index (χ0) is 16.5. The fourth-order valence-corrected chi connectivity index (χ4v) is 2.26. The summed E-state index contributed by atoms with van der Waals surface area (Å²) in [4.78, 5) is 27.6. The van der Waals surface area contributed by atoms with Crippen LogP contribution in [0.15, 0.2) is 6.20 Å². The largest absolute Gasteiger partial charge is 0.463 e. The van der Waals surface area contributed by atoms with Gasteiger partial charge in [0.25, 0.3) is 0 Å². The van der Waals surface area contributed by atoms with Gasteiger partial charge in [-0.1, -0.05) is 0 Å². The fraction of sp³-hybridized carbons (Fsp3) is 0.615. The van der Waals surface area contributed by atoms with E-state index in [9.17, 15) is 13.5 Å². The third-order valence-electron chi connectivity index (χ3n) is 3.10. The normalized spacial score (nSPS) is 16.0. The molecule has 9 heteroatoms. The number of rotatable bonds is 4. The van der Waals surface area contributed by atoms with E-state index in [1.807, 2.05) is 0 Å². The minimum Gasteiger partial charge on any atom is -0.463 e. The Morgan fingerprint density at radius 1 is 1.45 bits per heavy atom. The molecule has 122 valence electrons. The topological polar surface area (TPSA) is 82.4 Å². The molecule has 2 rings (SSSR count). The average Bonchev–Trinajstić information content (AvgIpc) is 3.04. The fourth-order valence-electron chi connectivity index (χ4n) is 1.94.